The van der Waals surface area contributed by atoms with Gasteiger partial charge < -0.3 is 19.7 Å². The number of nitrogens with zero attached hydrogens (tertiary/aromatic N) is 3. The lowest BCUT2D eigenvalue weighted by Crippen LogP contribution is -2.56. The molecule has 2 heterocycles. The predicted molar refractivity (Wildman–Crippen MR) is 180 cm³/mol. The largest absolute Gasteiger partial charge is 0.475 e. The molecule has 0 unspecified atom stereocenters. The highest BCUT2D eigenvalue weighted by molar-refractivity contribution is 7.92. The van der Waals surface area contributed by atoms with Gasteiger partial charge in [0.1, 0.15) is 6.61 Å². The number of rotatable bonds is 4. The smallest absolute Gasteiger partial charge is 0.407 e. The van der Waals surface area contributed by atoms with Crippen LogP contribution < -0.4 is 14.8 Å². The van der Waals surface area contributed by atoms with Crippen LogP contribution in [0.1, 0.15) is 81.3 Å². The molecule has 3 aromatic rings. The van der Waals surface area contributed by atoms with Crippen molar-refractivity contribution in [2.75, 3.05) is 18.4 Å². The Bertz CT molecular complexity index is 1740. The van der Waals surface area contributed by atoms with Crippen molar-refractivity contribution in [1.29, 1.82) is 0 Å². The van der Waals surface area contributed by atoms with Gasteiger partial charge in [0.2, 0.25) is 11.8 Å². The van der Waals surface area contributed by atoms with Crippen molar-refractivity contribution in [2.45, 2.75) is 96.2 Å². The lowest BCUT2D eigenvalue weighted by Gasteiger charge is -2.45. The molecule has 1 aliphatic carbocycles. The molecule has 11 nitrogen and oxygen atoms in total. The molecule has 2 aromatic carbocycles. The van der Waals surface area contributed by atoms with E-state index in [4.69, 9.17) is 9.47 Å². The average Bonchev–Trinajstić information content (AvgIpc) is 2.99. The molecular weight excluding hydrogens is 618 g/mol. The van der Waals surface area contributed by atoms with Crippen LogP contribution in [0.25, 0.3) is 11.3 Å². The van der Waals surface area contributed by atoms with Crippen molar-refractivity contribution < 1.29 is 27.5 Å². The molecule has 0 radical (unpaired) electrons. The minimum absolute atomic E-state index is 0.0723. The van der Waals surface area contributed by atoms with Gasteiger partial charge in [-0.1, -0.05) is 45.0 Å². The fourth-order valence-electron chi connectivity index (χ4n) is 6.71. The number of aromatic nitrogens is 2. The van der Waals surface area contributed by atoms with Gasteiger partial charge in [-0.15, -0.1) is 0 Å². The Morgan fingerprint density at radius 2 is 1.74 bits per heavy atom. The molecule has 12 heteroatoms. The summed E-state index contributed by atoms with van der Waals surface area (Å²) in [5, 5.41) is 2.96. The Kier molecular flexibility index (Phi) is 9.54. The molecule has 1 atom stereocenters. The zero-order valence-electron chi connectivity index (χ0n) is 28.2. The van der Waals surface area contributed by atoms with Crippen molar-refractivity contribution >= 4 is 28.0 Å². The van der Waals surface area contributed by atoms with Crippen molar-refractivity contribution in [2.24, 2.45) is 5.41 Å². The minimum atomic E-state index is -4.17. The summed E-state index contributed by atoms with van der Waals surface area (Å²) in [6.07, 6.45) is 2.64. The van der Waals surface area contributed by atoms with Crippen LogP contribution in [0.5, 0.6) is 5.88 Å². The number of aryl methyl sites for hydroxylation is 2. The topological polar surface area (TPSA) is 140 Å². The normalized spacial score (nSPS) is 22.9. The van der Waals surface area contributed by atoms with Crippen LogP contribution in [-0.2, 0) is 14.8 Å². The van der Waals surface area contributed by atoms with Gasteiger partial charge in [-0.05, 0) is 87.6 Å². The van der Waals surface area contributed by atoms with E-state index in [0.29, 0.717) is 37.8 Å². The highest BCUT2D eigenvalue weighted by Crippen LogP contribution is 2.36. The second-order valence-corrected chi connectivity index (χ2v) is 15.8. The van der Waals surface area contributed by atoms with Crippen LogP contribution in [0.15, 0.2) is 53.4 Å². The number of alkyl carbamates (subject to hydrolysis) is 1. The van der Waals surface area contributed by atoms with Gasteiger partial charge in [0, 0.05) is 28.8 Å². The summed E-state index contributed by atoms with van der Waals surface area (Å²) in [5.74, 6) is -0.196. The van der Waals surface area contributed by atoms with E-state index in [1.54, 1.807) is 18.2 Å². The number of hydrogen-bond acceptors (Lipinski definition) is 8. The molecule has 0 saturated heterocycles. The molecule has 1 fully saturated rings. The van der Waals surface area contributed by atoms with E-state index >= 15 is 0 Å². The molecule has 1 saturated carbocycles. The van der Waals surface area contributed by atoms with Crippen molar-refractivity contribution in [3.63, 3.8) is 0 Å². The van der Waals surface area contributed by atoms with Crippen molar-refractivity contribution in [1.82, 2.24) is 20.2 Å². The van der Waals surface area contributed by atoms with E-state index in [1.807, 2.05) is 43.9 Å². The third kappa shape index (κ3) is 7.86. The number of benzene rings is 2. The molecule has 1 aliphatic heterocycles. The Balaban J connectivity index is 1.62. The lowest BCUT2D eigenvalue weighted by atomic mass is 9.79. The number of ether oxygens (including phenoxy) is 2. The maximum absolute atomic E-state index is 14.5. The van der Waals surface area contributed by atoms with Gasteiger partial charge in [-0.25, -0.2) is 22.9 Å². The van der Waals surface area contributed by atoms with Crippen LogP contribution >= 0.6 is 0 Å². The van der Waals surface area contributed by atoms with E-state index < -0.39 is 21.7 Å². The van der Waals surface area contributed by atoms with E-state index in [-0.39, 0.29) is 52.3 Å². The molecule has 2 aliphatic rings. The van der Waals surface area contributed by atoms with Crippen LogP contribution in [0, 0.1) is 19.3 Å². The number of anilines is 1. The molecule has 2 N–H and O–H groups in total. The Labute approximate surface area is 277 Å². The number of hydrogen-bond donors (Lipinski definition) is 2. The fraction of sp³-hybridized carbons (Fsp3) is 0.486. The van der Waals surface area contributed by atoms with Crippen molar-refractivity contribution in [3.05, 3.63) is 65.2 Å². The number of amides is 2. The van der Waals surface area contributed by atoms with E-state index in [2.05, 4.69) is 40.8 Å². The number of carbonyl (C=O) groups is 2. The van der Waals surface area contributed by atoms with Crippen LogP contribution in [0.4, 0.5) is 10.7 Å². The SMILES string of the molecule is COC(=O)NC1(C)CCC(N2C(=O)c3cccc(c3)S(=O)(=O)Nc3nc(cc(-c4c(C)cccc4C)n3)OC[C@H]2CC(C)(C)C)CC1. The third-order valence-electron chi connectivity index (χ3n) is 9.00. The van der Waals surface area contributed by atoms with E-state index in [1.165, 1.54) is 19.2 Å². The van der Waals surface area contributed by atoms with Crippen LogP contribution in [0.3, 0.4) is 0 Å². The molecule has 0 spiro atoms. The number of nitrogens with one attached hydrogen (secondary N) is 2. The van der Waals surface area contributed by atoms with E-state index in [9.17, 15) is 18.0 Å². The molecule has 2 amide bonds. The quantitative estimate of drug-likeness (QED) is 0.334. The third-order valence-corrected chi connectivity index (χ3v) is 10.3. The lowest BCUT2D eigenvalue weighted by molar-refractivity contribution is 0.0262. The first-order valence-electron chi connectivity index (χ1n) is 16.0. The van der Waals surface area contributed by atoms with Gasteiger partial charge in [0.25, 0.3) is 15.9 Å². The predicted octanol–water partition coefficient (Wildman–Crippen LogP) is 6.26. The van der Waals surface area contributed by atoms with Gasteiger partial charge in [-0.3, -0.25) is 4.79 Å². The van der Waals surface area contributed by atoms with Gasteiger partial charge in [0.15, 0.2) is 0 Å². The minimum Gasteiger partial charge on any atom is -0.475 e. The summed E-state index contributed by atoms with van der Waals surface area (Å²) in [6, 6.07) is 13.2. The Morgan fingerprint density at radius 1 is 1.09 bits per heavy atom. The Hall–Kier alpha value is -4.19. The molecule has 5 rings (SSSR count). The summed E-state index contributed by atoms with van der Waals surface area (Å²) < 4.78 is 41.1. The number of methoxy groups -OCH3 is 1. The highest BCUT2D eigenvalue weighted by Gasteiger charge is 2.40. The summed E-state index contributed by atoms with van der Waals surface area (Å²) in [6.45, 7) is 12.4. The Morgan fingerprint density at radius 3 is 2.38 bits per heavy atom. The maximum Gasteiger partial charge on any atom is 0.407 e. The first-order chi connectivity index (χ1) is 22.1. The standard InChI is InChI=1S/C35H45N5O6S/c1-22-10-8-11-23(2)30(22)28-19-29-37-32(36-28)39-47(43,44)27-13-9-12-24(18-27)31(41)40(26(21-46-29)20-34(3,4)5)25-14-16-35(6,17-15-25)38-33(42)45-7/h8-13,18-19,25-26H,14-17,20-21H2,1-7H3,(H,38,42)(H,36,37,39)/t25?,26-,35?/m1/s1. The van der Waals surface area contributed by atoms with Gasteiger partial charge in [-0.2, -0.15) is 4.98 Å². The fourth-order valence-corrected chi connectivity index (χ4v) is 7.70. The second kappa shape index (κ2) is 13.1. The number of carbonyl (C=O) groups excluding carboxylic acids is 2. The molecule has 252 valence electrons. The average molecular weight is 664 g/mol. The summed E-state index contributed by atoms with van der Waals surface area (Å²) in [5.41, 5.74) is 2.94. The zero-order chi connectivity index (χ0) is 34.1. The van der Waals surface area contributed by atoms with Crippen molar-refractivity contribution in [3.8, 4) is 17.1 Å². The summed E-state index contributed by atoms with van der Waals surface area (Å²) >= 11 is 0. The highest BCUT2D eigenvalue weighted by atomic mass is 32.2. The molecule has 1 aromatic heterocycles. The van der Waals surface area contributed by atoms with Gasteiger partial charge in [0.05, 0.1) is 23.7 Å². The molecule has 4 bridgehead atoms. The van der Waals surface area contributed by atoms with Crippen LogP contribution in [0.2, 0.25) is 0 Å². The maximum atomic E-state index is 14.5. The monoisotopic (exact) mass is 663 g/mol. The number of sulfonamides is 1. The number of fused-ring (bicyclic) bond motifs is 4. The van der Waals surface area contributed by atoms with Crippen LogP contribution in [-0.4, -0.2) is 66.6 Å². The second-order valence-electron chi connectivity index (χ2n) is 14.2. The first kappa shape index (κ1) is 34.2. The zero-order valence-corrected chi connectivity index (χ0v) is 29.0. The van der Waals surface area contributed by atoms with Gasteiger partial charge >= 0.3 is 6.09 Å². The molecular formula is C35H45N5O6S. The van der Waals surface area contributed by atoms with E-state index in [0.717, 1.165) is 16.7 Å². The molecule has 47 heavy (non-hydrogen) atoms. The summed E-state index contributed by atoms with van der Waals surface area (Å²) in [7, 11) is -2.83. The summed E-state index contributed by atoms with van der Waals surface area (Å²) in [4.78, 5) is 37.5. The first-order valence-corrected chi connectivity index (χ1v) is 17.5.